The number of anilines is 4. The Morgan fingerprint density at radius 3 is 1.78 bits per heavy atom. The van der Waals surface area contributed by atoms with Crippen molar-refractivity contribution in [1.82, 2.24) is 29.9 Å². The number of pyridine rings is 2. The van der Waals surface area contributed by atoms with Crippen molar-refractivity contribution in [3.63, 3.8) is 0 Å². The predicted octanol–water partition coefficient (Wildman–Crippen LogP) is 6.10. The number of amides is 4. The third-order valence-electron chi connectivity index (χ3n) is 5.47. The number of rotatable bonds is 4. The first-order chi connectivity index (χ1) is 20.1. The van der Waals surface area contributed by atoms with Gasteiger partial charge in [0.05, 0.1) is 39.3 Å². The molecule has 2 aromatic carbocycles. The maximum Gasteiger partial charge on any atom is 0.324 e. The minimum Gasteiger partial charge on any atom is -0.307 e. The first-order valence-corrected chi connectivity index (χ1v) is 12.9. The lowest BCUT2D eigenvalue weighted by Crippen LogP contribution is -2.20. The number of hydrogen-bond donors (Lipinski definition) is 4. The third-order valence-corrected chi connectivity index (χ3v) is 6.08. The van der Waals surface area contributed by atoms with Gasteiger partial charge in [-0.15, -0.1) is 0 Å². The maximum absolute atomic E-state index is 12.0. The topological polar surface area (TPSA) is 160 Å². The zero-order chi connectivity index (χ0) is 28.4. The summed E-state index contributed by atoms with van der Waals surface area (Å²) in [5.41, 5.74) is 2.97. The second-order valence-electron chi connectivity index (χ2n) is 8.21. The Bertz CT molecular complexity index is 1800. The number of fused-ring (bicyclic) bond motifs is 2. The molecule has 41 heavy (non-hydrogen) atoms. The summed E-state index contributed by atoms with van der Waals surface area (Å²) in [4.78, 5) is 48.2. The van der Waals surface area contributed by atoms with Crippen molar-refractivity contribution < 1.29 is 9.59 Å². The van der Waals surface area contributed by atoms with Crippen molar-refractivity contribution >= 4 is 72.8 Å². The molecule has 202 valence electrons. The number of nitrogens with zero attached hydrogens (tertiary/aromatic N) is 6. The molecule has 0 radical (unpaired) electrons. The average Bonchev–Trinajstić information content (AvgIpc) is 3.00. The lowest BCUT2D eigenvalue weighted by atomic mass is 10.2. The molecular formula is C28H21BrN10O2. The molecular weight excluding hydrogens is 588 g/mol. The predicted molar refractivity (Wildman–Crippen MR) is 161 cm³/mol. The van der Waals surface area contributed by atoms with E-state index in [2.05, 4.69) is 67.1 Å². The van der Waals surface area contributed by atoms with Crippen LogP contribution in [0.5, 0.6) is 0 Å². The molecule has 0 spiro atoms. The summed E-state index contributed by atoms with van der Waals surface area (Å²) in [5.74, 6) is 0.771. The fraction of sp³-hybridized carbons (Fsp3) is 0. The summed E-state index contributed by atoms with van der Waals surface area (Å²) >= 11 is 3.40. The van der Waals surface area contributed by atoms with Gasteiger partial charge in [0.15, 0.2) is 11.6 Å². The monoisotopic (exact) mass is 608 g/mol. The van der Waals surface area contributed by atoms with Gasteiger partial charge in [-0.1, -0.05) is 36.4 Å². The quantitative estimate of drug-likeness (QED) is 0.187. The highest BCUT2D eigenvalue weighted by Gasteiger charge is 2.11. The largest absolute Gasteiger partial charge is 0.324 e. The van der Waals surface area contributed by atoms with Gasteiger partial charge in [-0.3, -0.25) is 30.6 Å². The molecule has 4 N–H and O–H groups in total. The van der Waals surface area contributed by atoms with Crippen LogP contribution in [0.1, 0.15) is 0 Å². The van der Waals surface area contributed by atoms with E-state index in [1.54, 1.807) is 24.7 Å². The van der Waals surface area contributed by atoms with Crippen LogP contribution in [0.4, 0.5) is 32.6 Å². The summed E-state index contributed by atoms with van der Waals surface area (Å²) in [5, 5.41) is 12.5. The van der Waals surface area contributed by atoms with Crippen LogP contribution in [0.3, 0.4) is 0 Å². The highest BCUT2D eigenvalue weighted by Crippen LogP contribution is 2.29. The number of halogens is 1. The van der Waals surface area contributed by atoms with Gasteiger partial charge in [0, 0.05) is 48.0 Å². The molecule has 6 aromatic rings. The van der Waals surface area contributed by atoms with Crippen LogP contribution in [-0.2, 0) is 0 Å². The average molecular weight is 609 g/mol. The number of hydrogen-bond acceptors (Lipinski definition) is 8. The summed E-state index contributed by atoms with van der Waals surface area (Å²) in [7, 11) is 0. The van der Waals surface area contributed by atoms with Crippen LogP contribution >= 0.6 is 15.9 Å². The van der Waals surface area contributed by atoms with Crippen LogP contribution in [0.2, 0.25) is 0 Å². The van der Waals surface area contributed by atoms with E-state index >= 15 is 0 Å². The van der Waals surface area contributed by atoms with Gasteiger partial charge >= 0.3 is 12.1 Å². The molecule has 0 aliphatic rings. The Morgan fingerprint density at radius 1 is 0.561 bits per heavy atom. The van der Waals surface area contributed by atoms with Crippen LogP contribution in [0.15, 0.2) is 109 Å². The minimum atomic E-state index is -0.396. The summed E-state index contributed by atoms with van der Waals surface area (Å²) in [6.07, 6.45) is 12.4. The number of nitrogens with one attached hydrogen (secondary N) is 4. The van der Waals surface area contributed by atoms with Gasteiger partial charge in [0.1, 0.15) is 0 Å². The zero-order valence-electron chi connectivity index (χ0n) is 21.2. The molecule has 12 nitrogen and oxygen atoms in total. The first kappa shape index (κ1) is 27.0. The van der Waals surface area contributed by atoms with E-state index in [0.29, 0.717) is 27.5 Å². The summed E-state index contributed by atoms with van der Waals surface area (Å²) < 4.78 is 0.704. The lowest BCUT2D eigenvalue weighted by Gasteiger charge is -2.11. The number of aromatic nitrogens is 6. The Labute approximate surface area is 241 Å². The Morgan fingerprint density at radius 2 is 1.15 bits per heavy atom. The molecule has 4 aromatic heterocycles. The Hall–Kier alpha value is -5.56. The van der Waals surface area contributed by atoms with Gasteiger partial charge in [-0.25, -0.2) is 19.6 Å². The van der Waals surface area contributed by atoms with Crippen molar-refractivity contribution in [3.8, 4) is 0 Å². The minimum absolute atomic E-state index is 0.373. The SMILES string of the molecule is O=C(Nc1cnccn1)Nc1c(Br)cnc2ccccc12.O=C(Nc1cnccn1)Nc1ccnc2ccccc12. The molecule has 0 atom stereocenters. The molecule has 0 saturated heterocycles. The van der Waals surface area contributed by atoms with Gasteiger partial charge < -0.3 is 10.6 Å². The molecule has 0 unspecified atom stereocenters. The van der Waals surface area contributed by atoms with Gasteiger partial charge in [0.2, 0.25) is 0 Å². The molecule has 0 bridgehead atoms. The van der Waals surface area contributed by atoms with E-state index in [1.807, 2.05) is 48.5 Å². The summed E-state index contributed by atoms with van der Waals surface area (Å²) in [6.45, 7) is 0. The second kappa shape index (κ2) is 13.0. The zero-order valence-corrected chi connectivity index (χ0v) is 22.8. The Balaban J connectivity index is 0.000000165. The van der Waals surface area contributed by atoms with Crippen LogP contribution in [0, 0.1) is 0 Å². The molecule has 0 aliphatic heterocycles. The highest BCUT2D eigenvalue weighted by molar-refractivity contribution is 9.10. The fourth-order valence-electron chi connectivity index (χ4n) is 3.71. The third kappa shape index (κ3) is 7.10. The van der Waals surface area contributed by atoms with Crippen molar-refractivity contribution in [2.75, 3.05) is 21.3 Å². The van der Waals surface area contributed by atoms with E-state index in [9.17, 15) is 9.59 Å². The van der Waals surface area contributed by atoms with Crippen LogP contribution in [-0.4, -0.2) is 42.0 Å². The molecule has 6 rings (SSSR count). The number of carbonyl (C=O) groups excluding carboxylic acids is 2. The maximum atomic E-state index is 12.0. The van der Waals surface area contributed by atoms with Crippen molar-refractivity contribution in [2.45, 2.75) is 0 Å². The molecule has 4 amide bonds. The van der Waals surface area contributed by atoms with E-state index in [4.69, 9.17) is 0 Å². The molecule has 4 heterocycles. The molecule has 0 fully saturated rings. The van der Waals surface area contributed by atoms with E-state index < -0.39 is 6.03 Å². The lowest BCUT2D eigenvalue weighted by molar-refractivity contribution is 0.261. The number of urea groups is 2. The van der Waals surface area contributed by atoms with Gasteiger partial charge in [-0.05, 0) is 34.1 Å². The van der Waals surface area contributed by atoms with E-state index in [1.165, 1.54) is 31.0 Å². The standard InChI is InChI=1S/C14H10BrN5O.C14H11N5O/c15-10-7-18-11-4-2-1-3-9(11)13(10)20-14(21)19-12-8-16-5-6-17-12;20-14(19-13-9-15-7-8-17-13)18-12-5-6-16-11-4-2-1-3-10(11)12/h1-8H,(H2,17,18,19,20,21);1-9H,(H2,16,17,18,19,20). The van der Waals surface area contributed by atoms with Crippen LogP contribution in [0.25, 0.3) is 21.8 Å². The van der Waals surface area contributed by atoms with Gasteiger partial charge in [0.25, 0.3) is 0 Å². The van der Waals surface area contributed by atoms with Gasteiger partial charge in [-0.2, -0.15) is 0 Å². The molecule has 0 saturated carbocycles. The number of para-hydroxylation sites is 2. The molecule has 13 heteroatoms. The normalized spacial score (nSPS) is 10.3. The van der Waals surface area contributed by atoms with Crippen molar-refractivity contribution in [1.29, 1.82) is 0 Å². The van der Waals surface area contributed by atoms with E-state index in [0.717, 1.165) is 21.8 Å². The second-order valence-corrected chi connectivity index (χ2v) is 9.07. The highest BCUT2D eigenvalue weighted by atomic mass is 79.9. The molecule has 0 aliphatic carbocycles. The number of benzene rings is 2. The fourth-order valence-corrected chi connectivity index (χ4v) is 4.12. The number of carbonyl (C=O) groups is 2. The van der Waals surface area contributed by atoms with Crippen molar-refractivity contribution in [3.05, 3.63) is 109 Å². The smallest absolute Gasteiger partial charge is 0.307 e. The first-order valence-electron chi connectivity index (χ1n) is 12.1. The Kier molecular flexibility index (Phi) is 8.56. The van der Waals surface area contributed by atoms with Crippen molar-refractivity contribution in [2.24, 2.45) is 0 Å². The van der Waals surface area contributed by atoms with Crippen LogP contribution < -0.4 is 21.3 Å². The van der Waals surface area contributed by atoms with E-state index in [-0.39, 0.29) is 6.03 Å². The summed E-state index contributed by atoms with van der Waals surface area (Å²) in [6, 6.07) is 16.1.